The molecule has 106 valence electrons. The van der Waals surface area contributed by atoms with E-state index in [-0.39, 0.29) is 6.04 Å². The number of rotatable bonds is 5. The molecule has 0 spiro atoms. The highest BCUT2D eigenvalue weighted by atomic mass is 35.5. The first kappa shape index (κ1) is 16.0. The summed E-state index contributed by atoms with van der Waals surface area (Å²) in [4.78, 5) is 1.16. The minimum Gasteiger partial charge on any atom is -0.327 e. The van der Waals surface area contributed by atoms with Gasteiger partial charge in [-0.25, -0.2) is 0 Å². The third-order valence-electron chi connectivity index (χ3n) is 2.77. The Labute approximate surface area is 138 Å². The Morgan fingerprint density at radius 3 is 2.25 bits per heavy atom. The Morgan fingerprint density at radius 2 is 1.60 bits per heavy atom. The molecule has 1 unspecified atom stereocenters. The van der Waals surface area contributed by atoms with Crippen LogP contribution in [0.3, 0.4) is 0 Å². The quantitative estimate of drug-likeness (QED) is 0.743. The Hall–Kier alpha value is -0.380. The summed E-state index contributed by atoms with van der Waals surface area (Å²) in [6.45, 7) is 0. The van der Waals surface area contributed by atoms with E-state index in [0.29, 0.717) is 10.0 Å². The van der Waals surface area contributed by atoms with E-state index in [4.69, 9.17) is 40.5 Å². The van der Waals surface area contributed by atoms with E-state index in [9.17, 15) is 0 Å². The smallest absolute Gasteiger partial charge is 0.0453 e. The second-order valence-electron chi connectivity index (χ2n) is 4.46. The molecule has 0 radical (unpaired) electrons. The molecule has 20 heavy (non-hydrogen) atoms. The van der Waals surface area contributed by atoms with Gasteiger partial charge in [0, 0.05) is 31.8 Å². The summed E-state index contributed by atoms with van der Waals surface area (Å²) in [5.41, 5.74) is 7.18. The van der Waals surface area contributed by atoms with Crippen LogP contribution < -0.4 is 5.73 Å². The highest BCUT2D eigenvalue weighted by Gasteiger charge is 2.08. The van der Waals surface area contributed by atoms with Gasteiger partial charge in [-0.3, -0.25) is 0 Å². The van der Waals surface area contributed by atoms with Gasteiger partial charge in [-0.2, -0.15) is 0 Å². The van der Waals surface area contributed by atoms with Crippen molar-refractivity contribution < 1.29 is 0 Å². The summed E-state index contributed by atoms with van der Waals surface area (Å²) in [6.07, 6.45) is 0.733. The summed E-state index contributed by atoms with van der Waals surface area (Å²) in [7, 11) is 0. The van der Waals surface area contributed by atoms with Crippen LogP contribution in [-0.4, -0.2) is 11.8 Å². The predicted molar refractivity (Wildman–Crippen MR) is 90.3 cm³/mol. The summed E-state index contributed by atoms with van der Waals surface area (Å²) in [5, 5.41) is 2.05. The number of benzene rings is 2. The van der Waals surface area contributed by atoms with Gasteiger partial charge in [-0.05, 0) is 48.4 Å². The molecule has 2 aromatic rings. The van der Waals surface area contributed by atoms with Crippen LogP contribution >= 0.6 is 46.6 Å². The summed E-state index contributed by atoms with van der Waals surface area (Å²) in [5.74, 6) is 0.820. The minimum absolute atomic E-state index is 0.0364. The van der Waals surface area contributed by atoms with Crippen LogP contribution in [0.1, 0.15) is 5.56 Å². The second-order valence-corrected chi connectivity index (χ2v) is 6.84. The fraction of sp³-hybridized carbons (Fsp3) is 0.200. The molecule has 0 aliphatic rings. The van der Waals surface area contributed by atoms with Crippen molar-refractivity contribution >= 4 is 46.6 Å². The van der Waals surface area contributed by atoms with Crippen LogP contribution in [0.2, 0.25) is 15.1 Å². The van der Waals surface area contributed by atoms with Gasteiger partial charge in [0.05, 0.1) is 0 Å². The van der Waals surface area contributed by atoms with Crippen molar-refractivity contribution in [3.05, 3.63) is 63.1 Å². The highest BCUT2D eigenvalue weighted by molar-refractivity contribution is 7.99. The lowest BCUT2D eigenvalue weighted by molar-refractivity contribution is 0.749. The van der Waals surface area contributed by atoms with E-state index < -0.39 is 0 Å². The molecule has 0 heterocycles. The number of nitrogens with two attached hydrogens (primary N) is 1. The average Bonchev–Trinajstić information content (AvgIpc) is 2.41. The van der Waals surface area contributed by atoms with Gasteiger partial charge in [0.25, 0.3) is 0 Å². The Morgan fingerprint density at radius 1 is 0.950 bits per heavy atom. The molecule has 2 aromatic carbocycles. The summed E-state index contributed by atoms with van der Waals surface area (Å²) in [6, 6.07) is 13.3. The van der Waals surface area contributed by atoms with Crippen LogP contribution in [0, 0.1) is 0 Å². The fourth-order valence-corrected chi connectivity index (χ4v) is 3.23. The molecule has 0 aliphatic carbocycles. The molecule has 5 heteroatoms. The molecule has 0 saturated carbocycles. The monoisotopic (exact) mass is 345 g/mol. The van der Waals surface area contributed by atoms with E-state index in [1.54, 1.807) is 17.8 Å². The van der Waals surface area contributed by atoms with E-state index in [1.807, 2.05) is 36.4 Å². The molecule has 0 bridgehead atoms. The lowest BCUT2D eigenvalue weighted by atomic mass is 10.1. The van der Waals surface area contributed by atoms with Crippen molar-refractivity contribution in [3.63, 3.8) is 0 Å². The van der Waals surface area contributed by atoms with Crippen molar-refractivity contribution in [2.24, 2.45) is 5.73 Å². The molecular weight excluding hydrogens is 333 g/mol. The molecule has 1 atom stereocenters. The van der Waals surface area contributed by atoms with Crippen LogP contribution in [0.25, 0.3) is 0 Å². The Kier molecular flexibility index (Phi) is 6.06. The van der Waals surface area contributed by atoms with Gasteiger partial charge in [-0.1, -0.05) is 40.9 Å². The zero-order valence-corrected chi connectivity index (χ0v) is 13.7. The molecule has 0 saturated heterocycles. The maximum absolute atomic E-state index is 6.15. The fourth-order valence-electron chi connectivity index (χ4n) is 1.76. The first-order valence-electron chi connectivity index (χ1n) is 6.12. The molecule has 0 fully saturated rings. The molecule has 0 amide bonds. The SMILES string of the molecule is NC(CSc1ccc(Cl)cc1)Cc1ccc(Cl)cc1Cl. The number of halogens is 3. The zero-order valence-electron chi connectivity index (χ0n) is 10.7. The maximum Gasteiger partial charge on any atom is 0.0453 e. The minimum atomic E-state index is 0.0364. The number of thioether (sulfide) groups is 1. The highest BCUT2D eigenvalue weighted by Crippen LogP contribution is 2.24. The standard InChI is InChI=1S/C15H14Cl3NS/c16-11-3-5-14(6-4-11)20-9-13(19)7-10-1-2-12(17)8-15(10)18/h1-6,8,13H,7,9,19H2. The first-order chi connectivity index (χ1) is 9.54. The van der Waals surface area contributed by atoms with E-state index in [2.05, 4.69) is 0 Å². The van der Waals surface area contributed by atoms with Gasteiger partial charge in [-0.15, -0.1) is 11.8 Å². The van der Waals surface area contributed by atoms with Crippen LogP contribution in [-0.2, 0) is 6.42 Å². The third-order valence-corrected chi connectivity index (χ3v) is 4.81. The van der Waals surface area contributed by atoms with Crippen LogP contribution in [0.4, 0.5) is 0 Å². The van der Waals surface area contributed by atoms with Crippen molar-refractivity contribution in [3.8, 4) is 0 Å². The molecule has 2 N–H and O–H groups in total. The van der Waals surface area contributed by atoms with Crippen molar-refractivity contribution in [2.75, 3.05) is 5.75 Å². The largest absolute Gasteiger partial charge is 0.327 e. The number of hydrogen-bond donors (Lipinski definition) is 1. The van der Waals surface area contributed by atoms with Gasteiger partial charge >= 0.3 is 0 Å². The van der Waals surface area contributed by atoms with Crippen LogP contribution in [0.5, 0.6) is 0 Å². The third kappa shape index (κ3) is 4.87. The van der Waals surface area contributed by atoms with E-state index in [0.717, 1.165) is 27.7 Å². The van der Waals surface area contributed by atoms with Crippen molar-refractivity contribution in [2.45, 2.75) is 17.4 Å². The average molecular weight is 347 g/mol. The van der Waals surface area contributed by atoms with Crippen molar-refractivity contribution in [1.82, 2.24) is 0 Å². The van der Waals surface area contributed by atoms with E-state index >= 15 is 0 Å². The van der Waals surface area contributed by atoms with Gasteiger partial charge < -0.3 is 5.73 Å². The predicted octanol–water partition coefficient (Wildman–Crippen LogP) is 5.31. The molecule has 1 nitrogen and oxygen atoms in total. The summed E-state index contributed by atoms with van der Waals surface area (Å²) < 4.78 is 0. The maximum atomic E-state index is 6.15. The molecule has 2 rings (SSSR count). The zero-order chi connectivity index (χ0) is 14.5. The second kappa shape index (κ2) is 7.58. The van der Waals surface area contributed by atoms with Gasteiger partial charge in [0.15, 0.2) is 0 Å². The topological polar surface area (TPSA) is 26.0 Å². The van der Waals surface area contributed by atoms with Crippen LogP contribution in [0.15, 0.2) is 47.4 Å². The lowest BCUT2D eigenvalue weighted by Gasteiger charge is -2.12. The first-order valence-corrected chi connectivity index (χ1v) is 8.24. The lowest BCUT2D eigenvalue weighted by Crippen LogP contribution is -2.25. The Bertz CT molecular complexity index is 572. The summed E-state index contributed by atoms with van der Waals surface area (Å²) >= 11 is 19.6. The van der Waals surface area contributed by atoms with Gasteiger partial charge in [0.1, 0.15) is 0 Å². The molecule has 0 aliphatic heterocycles. The Balaban J connectivity index is 1.89. The van der Waals surface area contributed by atoms with Crippen molar-refractivity contribution in [1.29, 1.82) is 0 Å². The number of hydrogen-bond acceptors (Lipinski definition) is 2. The normalized spacial score (nSPS) is 12.4. The van der Waals surface area contributed by atoms with E-state index in [1.165, 1.54) is 0 Å². The molecular formula is C15H14Cl3NS. The van der Waals surface area contributed by atoms with Gasteiger partial charge in [0.2, 0.25) is 0 Å². The molecule has 0 aromatic heterocycles.